The van der Waals surface area contributed by atoms with Crippen LogP contribution in [-0.2, 0) is 9.53 Å². The van der Waals surface area contributed by atoms with E-state index in [-0.39, 0.29) is 29.8 Å². The molecule has 1 amide bonds. The Balaban J connectivity index is 1.32. The van der Waals surface area contributed by atoms with Crippen LogP contribution >= 0.6 is 34.5 Å². The molecule has 0 aliphatic rings. The summed E-state index contributed by atoms with van der Waals surface area (Å²) >= 11 is 13.5. The van der Waals surface area contributed by atoms with Gasteiger partial charge < -0.3 is 19.2 Å². The Labute approximate surface area is 242 Å². The van der Waals surface area contributed by atoms with E-state index in [1.807, 2.05) is 30.3 Å². The van der Waals surface area contributed by atoms with Crippen molar-refractivity contribution < 1.29 is 23.5 Å². The SMILES string of the molecule is CCOC(=O)c1c(-c2ccccc2)csc1NC(=O)COc1ccc2c(=O)c(-c3ccc(Cl)cc3Cl)coc2c1. The van der Waals surface area contributed by atoms with Gasteiger partial charge in [-0.2, -0.15) is 0 Å². The first-order chi connectivity index (χ1) is 19.4. The number of carbonyl (C=O) groups is 2. The van der Waals surface area contributed by atoms with Crippen molar-refractivity contribution >= 4 is 62.4 Å². The fraction of sp³-hybridized carbons (Fsp3) is 0.100. The Bertz CT molecular complexity index is 1780. The van der Waals surface area contributed by atoms with Crippen LogP contribution in [-0.4, -0.2) is 25.1 Å². The monoisotopic (exact) mass is 593 g/mol. The van der Waals surface area contributed by atoms with Crippen LogP contribution < -0.4 is 15.5 Å². The average Bonchev–Trinajstić information content (AvgIpc) is 3.37. The Morgan fingerprint density at radius 1 is 0.975 bits per heavy atom. The lowest BCUT2D eigenvalue weighted by Crippen LogP contribution is -2.21. The number of rotatable bonds is 8. The fourth-order valence-corrected chi connectivity index (χ4v) is 5.57. The van der Waals surface area contributed by atoms with Crippen molar-refractivity contribution in [2.24, 2.45) is 0 Å². The highest BCUT2D eigenvalue weighted by atomic mass is 35.5. The highest BCUT2D eigenvalue weighted by Gasteiger charge is 2.23. The summed E-state index contributed by atoms with van der Waals surface area (Å²) in [6, 6.07) is 18.9. The van der Waals surface area contributed by atoms with Gasteiger partial charge in [-0.25, -0.2) is 4.79 Å². The molecule has 5 rings (SSSR count). The third kappa shape index (κ3) is 5.74. The fourth-order valence-electron chi connectivity index (χ4n) is 4.09. The molecule has 40 heavy (non-hydrogen) atoms. The van der Waals surface area contributed by atoms with E-state index in [4.69, 9.17) is 37.1 Å². The number of nitrogens with one attached hydrogen (secondary N) is 1. The van der Waals surface area contributed by atoms with Gasteiger partial charge in [0, 0.05) is 27.6 Å². The zero-order valence-electron chi connectivity index (χ0n) is 21.0. The van der Waals surface area contributed by atoms with Gasteiger partial charge in [0.2, 0.25) is 5.43 Å². The second-order valence-corrected chi connectivity index (χ2v) is 10.3. The molecule has 2 aromatic heterocycles. The topological polar surface area (TPSA) is 94.8 Å². The van der Waals surface area contributed by atoms with Gasteiger partial charge in [0.25, 0.3) is 5.91 Å². The van der Waals surface area contributed by atoms with Crippen LogP contribution in [0, 0.1) is 0 Å². The number of fused-ring (bicyclic) bond motifs is 1. The first kappa shape index (κ1) is 27.5. The Morgan fingerprint density at radius 2 is 1.77 bits per heavy atom. The number of esters is 1. The van der Waals surface area contributed by atoms with Gasteiger partial charge in [0.15, 0.2) is 6.61 Å². The number of anilines is 1. The van der Waals surface area contributed by atoms with E-state index >= 15 is 0 Å². The van der Waals surface area contributed by atoms with Gasteiger partial charge in [-0.15, -0.1) is 11.3 Å². The van der Waals surface area contributed by atoms with Gasteiger partial charge >= 0.3 is 5.97 Å². The summed E-state index contributed by atoms with van der Waals surface area (Å²) in [5, 5.41) is 6.03. The van der Waals surface area contributed by atoms with E-state index in [0.29, 0.717) is 42.9 Å². The number of ether oxygens (including phenoxy) is 2. The molecule has 0 fully saturated rings. The molecule has 10 heteroatoms. The van der Waals surface area contributed by atoms with Crippen molar-refractivity contribution in [3.05, 3.63) is 104 Å². The van der Waals surface area contributed by atoms with Gasteiger partial charge in [0.05, 0.1) is 22.6 Å². The number of hydrogen-bond acceptors (Lipinski definition) is 7. The zero-order chi connectivity index (χ0) is 28.2. The van der Waals surface area contributed by atoms with Gasteiger partial charge in [-0.1, -0.05) is 59.6 Å². The van der Waals surface area contributed by atoms with Crippen LogP contribution in [0.4, 0.5) is 5.00 Å². The quantitative estimate of drug-likeness (QED) is 0.185. The van der Waals surface area contributed by atoms with E-state index in [9.17, 15) is 14.4 Å². The maximum atomic E-state index is 13.1. The minimum Gasteiger partial charge on any atom is -0.484 e. The number of hydrogen-bond donors (Lipinski definition) is 1. The second kappa shape index (κ2) is 12.0. The molecule has 0 unspecified atom stereocenters. The minimum atomic E-state index is -0.525. The van der Waals surface area contributed by atoms with Crippen molar-refractivity contribution in [3.63, 3.8) is 0 Å². The largest absolute Gasteiger partial charge is 0.484 e. The molecule has 0 spiro atoms. The molecule has 1 N–H and O–H groups in total. The van der Waals surface area contributed by atoms with E-state index in [1.54, 1.807) is 42.6 Å². The lowest BCUT2D eigenvalue weighted by atomic mass is 10.0. The normalized spacial score (nSPS) is 10.9. The molecular weight excluding hydrogens is 573 g/mol. The molecule has 0 saturated heterocycles. The van der Waals surface area contributed by atoms with Crippen LogP contribution in [0.2, 0.25) is 10.0 Å². The van der Waals surface area contributed by atoms with Crippen molar-refractivity contribution in [2.75, 3.05) is 18.5 Å². The van der Waals surface area contributed by atoms with Crippen molar-refractivity contribution in [1.82, 2.24) is 0 Å². The van der Waals surface area contributed by atoms with Crippen molar-refractivity contribution in [3.8, 4) is 28.0 Å². The molecule has 0 radical (unpaired) electrons. The van der Waals surface area contributed by atoms with Crippen LogP contribution in [0.15, 0.2) is 87.6 Å². The molecule has 3 aromatic carbocycles. The summed E-state index contributed by atoms with van der Waals surface area (Å²) in [7, 11) is 0. The molecule has 7 nitrogen and oxygen atoms in total. The van der Waals surface area contributed by atoms with Crippen LogP contribution in [0.3, 0.4) is 0 Å². The second-order valence-electron chi connectivity index (χ2n) is 8.54. The molecule has 0 atom stereocenters. The lowest BCUT2D eigenvalue weighted by molar-refractivity contribution is -0.118. The standard InChI is InChI=1S/C30H21Cl2NO6S/c1-2-37-30(36)27-23(17-6-4-3-5-7-17)16-40-29(27)33-26(34)15-38-19-9-11-21-25(13-19)39-14-22(28(21)35)20-10-8-18(31)12-24(20)32/h3-14,16H,2,15H2,1H3,(H,33,34). The smallest absolute Gasteiger partial charge is 0.341 e. The maximum Gasteiger partial charge on any atom is 0.341 e. The lowest BCUT2D eigenvalue weighted by Gasteiger charge is -2.10. The van der Waals surface area contributed by atoms with E-state index in [2.05, 4.69) is 5.32 Å². The summed E-state index contributed by atoms with van der Waals surface area (Å²) in [5.74, 6) is -0.672. The van der Waals surface area contributed by atoms with Gasteiger partial charge in [0.1, 0.15) is 28.2 Å². The summed E-state index contributed by atoms with van der Waals surface area (Å²) in [5.41, 5.74) is 2.60. The summed E-state index contributed by atoms with van der Waals surface area (Å²) in [6.45, 7) is 1.58. The molecule has 202 valence electrons. The van der Waals surface area contributed by atoms with Gasteiger partial charge in [-0.05, 0) is 36.8 Å². The first-order valence-corrected chi connectivity index (χ1v) is 13.8. The maximum absolute atomic E-state index is 13.1. The van der Waals surface area contributed by atoms with Crippen molar-refractivity contribution in [2.45, 2.75) is 6.92 Å². The van der Waals surface area contributed by atoms with Gasteiger partial charge in [-0.3, -0.25) is 9.59 Å². The number of thiophene rings is 1. The van der Waals surface area contributed by atoms with Crippen LogP contribution in [0.1, 0.15) is 17.3 Å². The third-order valence-electron chi connectivity index (χ3n) is 5.95. The van der Waals surface area contributed by atoms with E-state index < -0.39 is 11.9 Å². The predicted molar refractivity (Wildman–Crippen MR) is 158 cm³/mol. The molecule has 0 saturated carbocycles. The first-order valence-electron chi connectivity index (χ1n) is 12.1. The molecule has 0 bridgehead atoms. The molecule has 2 heterocycles. The molecule has 0 aliphatic heterocycles. The van der Waals surface area contributed by atoms with E-state index in [1.165, 1.54) is 23.7 Å². The minimum absolute atomic E-state index is 0.200. The van der Waals surface area contributed by atoms with Crippen LogP contribution in [0.25, 0.3) is 33.2 Å². The highest BCUT2D eigenvalue weighted by molar-refractivity contribution is 7.15. The highest BCUT2D eigenvalue weighted by Crippen LogP contribution is 2.36. The summed E-state index contributed by atoms with van der Waals surface area (Å²) in [6.07, 6.45) is 1.33. The molecule has 0 aliphatic carbocycles. The Kier molecular flexibility index (Phi) is 8.21. The molecule has 5 aromatic rings. The number of carbonyl (C=O) groups excluding carboxylic acids is 2. The van der Waals surface area contributed by atoms with E-state index in [0.717, 1.165) is 5.56 Å². The predicted octanol–water partition coefficient (Wildman–Crippen LogP) is 7.69. The summed E-state index contributed by atoms with van der Waals surface area (Å²) in [4.78, 5) is 38.6. The Hall–Kier alpha value is -4.11. The molecular formula is C30H21Cl2NO6S. The number of amides is 1. The zero-order valence-corrected chi connectivity index (χ0v) is 23.4. The summed E-state index contributed by atoms with van der Waals surface area (Å²) < 4.78 is 16.6. The third-order valence-corrected chi connectivity index (χ3v) is 7.39. The average molecular weight is 594 g/mol. The number of halogens is 2. The van der Waals surface area contributed by atoms with Crippen LogP contribution in [0.5, 0.6) is 5.75 Å². The van der Waals surface area contributed by atoms with Crippen molar-refractivity contribution in [1.29, 1.82) is 0 Å². The number of benzene rings is 3. The Morgan fingerprint density at radius 3 is 2.52 bits per heavy atom.